The van der Waals surface area contributed by atoms with E-state index in [1.54, 1.807) is 13.8 Å². The van der Waals surface area contributed by atoms with E-state index < -0.39 is 0 Å². The average Bonchev–Trinajstić information content (AvgIpc) is 2.18. The largest absolute Gasteiger partial charge is 0.490 e. The fourth-order valence-electron chi connectivity index (χ4n) is 1.30. The third kappa shape index (κ3) is 2.12. The Morgan fingerprint density at radius 2 is 2.00 bits per heavy atom. The van der Waals surface area contributed by atoms with Gasteiger partial charge in [0.05, 0.1) is 13.3 Å². The summed E-state index contributed by atoms with van der Waals surface area (Å²) in [5.41, 5.74) is -0.649. The number of ether oxygens (including phenoxy) is 1. The fourth-order valence-corrected chi connectivity index (χ4v) is 1.85. The normalized spacial score (nSPS) is 11.5. The van der Waals surface area contributed by atoms with Gasteiger partial charge in [-0.15, -0.1) is 0 Å². The SMILES string of the molecule is COc1cn(PC)c(=O)n(C(C)C)c1=O. The summed E-state index contributed by atoms with van der Waals surface area (Å²) in [6.07, 6.45) is 1.46. The lowest BCUT2D eigenvalue weighted by atomic mass is 10.4. The summed E-state index contributed by atoms with van der Waals surface area (Å²) < 4.78 is 7.63. The standard InChI is InChI=1S/C9H15N2O3P/c1-6(2)11-8(12)7(14-3)5-10(15-4)9(11)13/h5-6,15H,1-4H3. The molecule has 1 rings (SSSR count). The molecule has 1 unspecified atom stereocenters. The van der Waals surface area contributed by atoms with Crippen molar-refractivity contribution in [3.05, 3.63) is 27.0 Å². The van der Waals surface area contributed by atoms with Crippen LogP contribution in [0.5, 0.6) is 5.75 Å². The molecule has 1 heterocycles. The lowest BCUT2D eigenvalue weighted by molar-refractivity contribution is 0.390. The summed E-state index contributed by atoms with van der Waals surface area (Å²) in [6.45, 7) is 5.46. The van der Waals surface area contributed by atoms with E-state index in [4.69, 9.17) is 4.74 Å². The van der Waals surface area contributed by atoms with E-state index in [9.17, 15) is 9.59 Å². The van der Waals surface area contributed by atoms with Gasteiger partial charge >= 0.3 is 5.69 Å². The predicted octanol–water partition coefficient (Wildman–Crippen LogP) is 0.671. The van der Waals surface area contributed by atoms with E-state index in [0.717, 1.165) is 0 Å². The van der Waals surface area contributed by atoms with Crippen LogP contribution < -0.4 is 16.0 Å². The van der Waals surface area contributed by atoms with Crippen molar-refractivity contribution in [1.29, 1.82) is 0 Å². The molecule has 6 heteroatoms. The molecule has 0 fully saturated rings. The van der Waals surface area contributed by atoms with Crippen LogP contribution in [0.1, 0.15) is 19.9 Å². The molecule has 84 valence electrons. The van der Waals surface area contributed by atoms with Crippen molar-refractivity contribution >= 4 is 8.73 Å². The highest BCUT2D eigenvalue weighted by Gasteiger charge is 2.13. The molecule has 5 nitrogen and oxygen atoms in total. The number of hydrogen-bond donors (Lipinski definition) is 0. The molecule has 0 bridgehead atoms. The molecule has 0 N–H and O–H groups in total. The second-order valence-electron chi connectivity index (χ2n) is 3.34. The van der Waals surface area contributed by atoms with Gasteiger partial charge in [0.2, 0.25) is 5.75 Å². The summed E-state index contributed by atoms with van der Waals surface area (Å²) in [5, 5.41) is 0. The highest BCUT2D eigenvalue weighted by molar-refractivity contribution is 7.35. The fraction of sp³-hybridized carbons (Fsp3) is 0.556. The molecular weight excluding hydrogens is 215 g/mol. The summed E-state index contributed by atoms with van der Waals surface area (Å²) in [4.78, 5) is 23.6. The van der Waals surface area contributed by atoms with Crippen molar-refractivity contribution in [2.45, 2.75) is 19.9 Å². The highest BCUT2D eigenvalue weighted by atomic mass is 31.1. The molecule has 0 saturated heterocycles. The van der Waals surface area contributed by atoms with Crippen LogP contribution in [0.25, 0.3) is 0 Å². The van der Waals surface area contributed by atoms with Crippen LogP contribution in [-0.4, -0.2) is 22.7 Å². The number of methoxy groups -OCH3 is 1. The van der Waals surface area contributed by atoms with E-state index in [1.165, 1.54) is 22.2 Å². The summed E-state index contributed by atoms with van der Waals surface area (Å²) >= 11 is 0. The smallest absolute Gasteiger partial charge is 0.334 e. The Morgan fingerprint density at radius 3 is 2.40 bits per heavy atom. The quantitative estimate of drug-likeness (QED) is 0.717. The number of aromatic nitrogens is 2. The summed E-state index contributed by atoms with van der Waals surface area (Å²) in [7, 11) is 1.70. The van der Waals surface area contributed by atoms with Crippen LogP contribution in [0.4, 0.5) is 0 Å². The minimum Gasteiger partial charge on any atom is -0.490 e. The van der Waals surface area contributed by atoms with Gasteiger partial charge in [-0.2, -0.15) is 0 Å². The van der Waals surface area contributed by atoms with Gasteiger partial charge in [-0.3, -0.25) is 13.7 Å². The molecule has 0 aromatic carbocycles. The first-order valence-corrected chi connectivity index (χ1v) is 6.07. The van der Waals surface area contributed by atoms with E-state index in [0.29, 0.717) is 0 Å². The van der Waals surface area contributed by atoms with Gasteiger partial charge in [0, 0.05) is 6.04 Å². The average molecular weight is 230 g/mol. The van der Waals surface area contributed by atoms with Crippen molar-refractivity contribution in [3.8, 4) is 5.75 Å². The first-order chi connectivity index (χ1) is 7.02. The molecule has 1 aromatic rings. The monoisotopic (exact) mass is 230 g/mol. The first kappa shape index (κ1) is 12.0. The maximum atomic E-state index is 11.8. The number of hydrogen-bond acceptors (Lipinski definition) is 3. The van der Waals surface area contributed by atoms with Crippen LogP contribution in [-0.2, 0) is 0 Å². The molecule has 1 aromatic heterocycles. The van der Waals surface area contributed by atoms with Crippen molar-refractivity contribution in [2.24, 2.45) is 0 Å². The maximum Gasteiger partial charge on any atom is 0.334 e. The Hall–Kier alpha value is -1.09. The van der Waals surface area contributed by atoms with Crippen molar-refractivity contribution in [2.75, 3.05) is 13.8 Å². The predicted molar refractivity (Wildman–Crippen MR) is 61.5 cm³/mol. The molecule has 0 amide bonds. The third-order valence-corrected chi connectivity index (χ3v) is 2.87. The topological polar surface area (TPSA) is 53.2 Å². The zero-order chi connectivity index (χ0) is 11.6. The van der Waals surface area contributed by atoms with Gasteiger partial charge < -0.3 is 4.74 Å². The van der Waals surface area contributed by atoms with Gasteiger partial charge in [0.1, 0.15) is 0 Å². The van der Waals surface area contributed by atoms with E-state index >= 15 is 0 Å². The lowest BCUT2D eigenvalue weighted by Gasteiger charge is -2.13. The van der Waals surface area contributed by atoms with Crippen LogP contribution in [0, 0.1) is 0 Å². The second-order valence-corrected chi connectivity index (χ2v) is 4.27. The summed E-state index contributed by atoms with van der Waals surface area (Å²) in [5.74, 6) is 0.206. The minimum absolute atomic E-state index is 0.164. The minimum atomic E-state index is -0.369. The molecule has 0 radical (unpaired) electrons. The molecular formula is C9H15N2O3P. The van der Waals surface area contributed by atoms with Gasteiger partial charge in [0.15, 0.2) is 0 Å². The van der Waals surface area contributed by atoms with Gasteiger partial charge in [-0.25, -0.2) is 4.79 Å². The van der Waals surface area contributed by atoms with Crippen molar-refractivity contribution < 1.29 is 4.74 Å². The highest BCUT2D eigenvalue weighted by Crippen LogP contribution is 2.09. The van der Waals surface area contributed by atoms with Gasteiger partial charge in [-0.05, 0) is 29.2 Å². The van der Waals surface area contributed by atoms with Gasteiger partial charge in [0.25, 0.3) is 5.56 Å². The number of rotatable bonds is 3. The molecule has 0 spiro atoms. The van der Waals surface area contributed by atoms with Crippen molar-refractivity contribution in [1.82, 2.24) is 8.90 Å². The Labute approximate surface area is 89.5 Å². The molecule has 0 aliphatic heterocycles. The van der Waals surface area contributed by atoms with E-state index in [1.807, 2.05) is 6.66 Å². The first-order valence-electron chi connectivity index (χ1n) is 4.62. The lowest BCUT2D eigenvalue weighted by Crippen LogP contribution is -2.39. The third-order valence-electron chi connectivity index (χ3n) is 2.07. The second kappa shape index (κ2) is 4.62. The van der Waals surface area contributed by atoms with E-state index in [2.05, 4.69) is 0 Å². The zero-order valence-electron chi connectivity index (χ0n) is 9.27. The zero-order valence-corrected chi connectivity index (χ0v) is 10.3. The van der Waals surface area contributed by atoms with Gasteiger partial charge in [-0.1, -0.05) is 0 Å². The summed E-state index contributed by atoms with van der Waals surface area (Å²) in [6, 6.07) is -0.164. The molecule has 0 aliphatic carbocycles. The maximum absolute atomic E-state index is 11.8. The van der Waals surface area contributed by atoms with Crippen molar-refractivity contribution in [3.63, 3.8) is 0 Å². The van der Waals surface area contributed by atoms with Crippen LogP contribution in [0.3, 0.4) is 0 Å². The molecule has 0 aliphatic rings. The Kier molecular flexibility index (Phi) is 3.69. The Bertz CT molecular complexity index is 425. The van der Waals surface area contributed by atoms with Crippen LogP contribution >= 0.6 is 8.73 Å². The molecule has 15 heavy (non-hydrogen) atoms. The molecule has 1 atom stereocenters. The molecule has 0 saturated carbocycles. The number of nitrogens with zero attached hydrogens (tertiary/aromatic N) is 2. The Balaban J connectivity index is 3.61. The Morgan fingerprint density at radius 1 is 1.40 bits per heavy atom. The van der Waals surface area contributed by atoms with Crippen LogP contribution in [0.2, 0.25) is 0 Å². The van der Waals surface area contributed by atoms with Crippen LogP contribution in [0.15, 0.2) is 15.8 Å². The van der Waals surface area contributed by atoms with E-state index in [-0.39, 0.29) is 31.8 Å².